The molecule has 32 heavy (non-hydrogen) atoms. The fraction of sp³-hybridized carbons (Fsp3) is 0.214. The van der Waals surface area contributed by atoms with E-state index in [1.54, 1.807) is 0 Å². The van der Waals surface area contributed by atoms with Gasteiger partial charge in [0.2, 0.25) is 6.79 Å². The van der Waals surface area contributed by atoms with Crippen LogP contribution < -0.4 is 9.47 Å². The lowest BCUT2D eigenvalue weighted by molar-refractivity contribution is 0.174. The Kier molecular flexibility index (Phi) is 4.93. The summed E-state index contributed by atoms with van der Waals surface area (Å²) in [4.78, 5) is 6.21. The van der Waals surface area contributed by atoms with Gasteiger partial charge in [-0.25, -0.2) is 0 Å². The highest BCUT2D eigenvalue weighted by atomic mass is 16.7. The maximum Gasteiger partial charge on any atom is 0.231 e. The largest absolute Gasteiger partial charge is 0.454 e. The number of hydrogen-bond acceptors (Lipinski definition) is 3. The molecule has 2 aliphatic rings. The summed E-state index contributed by atoms with van der Waals surface area (Å²) in [5.74, 6) is 1.71. The van der Waals surface area contributed by atoms with Gasteiger partial charge < -0.3 is 14.5 Å². The fourth-order valence-electron chi connectivity index (χ4n) is 4.85. The summed E-state index contributed by atoms with van der Waals surface area (Å²) in [6.07, 6.45) is 4.45. The Morgan fingerprint density at radius 1 is 0.844 bits per heavy atom. The van der Waals surface area contributed by atoms with Gasteiger partial charge in [-0.15, -0.1) is 0 Å². The maximum absolute atomic E-state index is 5.55. The summed E-state index contributed by atoms with van der Waals surface area (Å²) >= 11 is 0. The molecule has 3 heterocycles. The highest BCUT2D eigenvalue weighted by Gasteiger charge is 2.19. The van der Waals surface area contributed by atoms with E-state index in [9.17, 15) is 0 Å². The molecule has 6 rings (SSSR count). The van der Waals surface area contributed by atoms with Gasteiger partial charge in [0.05, 0.1) is 0 Å². The van der Waals surface area contributed by atoms with Crippen molar-refractivity contribution in [3.05, 3.63) is 90.0 Å². The number of nitrogens with one attached hydrogen (secondary N) is 1. The standard InChI is InChI=1S/C28H26N2O2/c1-2-6-21(7-3-1)28-24(23-8-4-5-9-25(23)29-28)14-17-30-15-12-20(13-16-30)22-10-11-26-27(18-22)32-19-31-26/h1-12,18,29H,13-17,19H2. The van der Waals surface area contributed by atoms with Gasteiger partial charge >= 0.3 is 0 Å². The minimum Gasteiger partial charge on any atom is -0.454 e. The summed E-state index contributed by atoms with van der Waals surface area (Å²) in [6.45, 7) is 3.42. The quantitative estimate of drug-likeness (QED) is 0.435. The van der Waals surface area contributed by atoms with Crippen LogP contribution in [0, 0.1) is 0 Å². The molecule has 0 atom stereocenters. The molecule has 2 aliphatic heterocycles. The number of rotatable bonds is 5. The van der Waals surface area contributed by atoms with E-state index in [4.69, 9.17) is 9.47 Å². The van der Waals surface area contributed by atoms with Gasteiger partial charge in [0.25, 0.3) is 0 Å². The van der Waals surface area contributed by atoms with Crippen molar-refractivity contribution >= 4 is 16.5 Å². The second-order valence-electron chi connectivity index (χ2n) is 8.49. The van der Waals surface area contributed by atoms with Crippen LogP contribution in [0.4, 0.5) is 0 Å². The third kappa shape index (κ3) is 3.57. The number of nitrogens with zero attached hydrogens (tertiary/aromatic N) is 1. The number of H-pyrrole nitrogens is 1. The van der Waals surface area contributed by atoms with E-state index in [1.165, 1.54) is 38.9 Å². The number of para-hydroxylation sites is 1. The fourth-order valence-corrected chi connectivity index (χ4v) is 4.85. The third-order valence-electron chi connectivity index (χ3n) is 6.59. The molecule has 1 aromatic heterocycles. The minimum atomic E-state index is 0.324. The first-order valence-electron chi connectivity index (χ1n) is 11.3. The summed E-state index contributed by atoms with van der Waals surface area (Å²) < 4.78 is 11.0. The second-order valence-corrected chi connectivity index (χ2v) is 8.49. The molecular weight excluding hydrogens is 396 g/mol. The molecule has 0 unspecified atom stereocenters. The van der Waals surface area contributed by atoms with Crippen molar-refractivity contribution in [3.63, 3.8) is 0 Å². The average molecular weight is 423 g/mol. The molecule has 0 saturated carbocycles. The molecule has 4 heteroatoms. The van der Waals surface area contributed by atoms with Crippen LogP contribution in [0.5, 0.6) is 11.5 Å². The highest BCUT2D eigenvalue weighted by Crippen LogP contribution is 2.36. The molecule has 0 fully saturated rings. The molecule has 0 amide bonds. The van der Waals surface area contributed by atoms with Crippen molar-refractivity contribution in [1.29, 1.82) is 0 Å². The Balaban J connectivity index is 1.19. The molecule has 0 bridgehead atoms. The Hall–Kier alpha value is -3.50. The van der Waals surface area contributed by atoms with Crippen LogP contribution in [0.2, 0.25) is 0 Å². The minimum absolute atomic E-state index is 0.324. The zero-order chi connectivity index (χ0) is 21.3. The summed E-state index contributed by atoms with van der Waals surface area (Å²) in [5.41, 5.74) is 7.78. The zero-order valence-corrected chi connectivity index (χ0v) is 18.0. The van der Waals surface area contributed by atoms with Crippen LogP contribution in [0.25, 0.3) is 27.7 Å². The van der Waals surface area contributed by atoms with Crippen LogP contribution in [0.15, 0.2) is 78.9 Å². The number of ether oxygens (including phenoxy) is 2. The molecule has 3 aromatic carbocycles. The lowest BCUT2D eigenvalue weighted by Crippen LogP contribution is -2.30. The zero-order valence-electron chi connectivity index (χ0n) is 18.0. The number of aromatic amines is 1. The topological polar surface area (TPSA) is 37.5 Å². The molecular formula is C28H26N2O2. The Morgan fingerprint density at radius 2 is 1.69 bits per heavy atom. The number of aromatic nitrogens is 1. The van der Waals surface area contributed by atoms with Crippen molar-refractivity contribution in [2.45, 2.75) is 12.8 Å². The van der Waals surface area contributed by atoms with Crippen LogP contribution >= 0.6 is 0 Å². The molecule has 0 radical (unpaired) electrons. The molecule has 1 N–H and O–H groups in total. The monoisotopic (exact) mass is 422 g/mol. The summed E-state index contributed by atoms with van der Waals surface area (Å²) in [7, 11) is 0. The predicted molar refractivity (Wildman–Crippen MR) is 129 cm³/mol. The summed E-state index contributed by atoms with van der Waals surface area (Å²) in [5, 5.41) is 1.33. The number of benzene rings is 3. The van der Waals surface area contributed by atoms with Crippen molar-refractivity contribution < 1.29 is 9.47 Å². The Bertz CT molecular complexity index is 1290. The van der Waals surface area contributed by atoms with Gasteiger partial charge in [0.15, 0.2) is 11.5 Å². The van der Waals surface area contributed by atoms with Crippen molar-refractivity contribution in [3.8, 4) is 22.8 Å². The van der Waals surface area contributed by atoms with E-state index in [1.807, 2.05) is 6.07 Å². The van der Waals surface area contributed by atoms with E-state index in [2.05, 4.69) is 82.7 Å². The first-order chi connectivity index (χ1) is 15.8. The van der Waals surface area contributed by atoms with Gasteiger partial charge in [-0.2, -0.15) is 0 Å². The van der Waals surface area contributed by atoms with Gasteiger partial charge in [0, 0.05) is 36.2 Å². The van der Waals surface area contributed by atoms with E-state index >= 15 is 0 Å². The molecule has 4 aromatic rings. The van der Waals surface area contributed by atoms with E-state index in [0.717, 1.165) is 44.0 Å². The summed E-state index contributed by atoms with van der Waals surface area (Å²) in [6, 6.07) is 25.6. The van der Waals surface area contributed by atoms with E-state index < -0.39 is 0 Å². The molecule has 0 saturated heterocycles. The predicted octanol–water partition coefficient (Wildman–Crippen LogP) is 5.90. The third-order valence-corrected chi connectivity index (χ3v) is 6.59. The Morgan fingerprint density at radius 3 is 2.56 bits per heavy atom. The van der Waals surface area contributed by atoms with Crippen LogP contribution in [-0.4, -0.2) is 36.3 Å². The lowest BCUT2D eigenvalue weighted by Gasteiger charge is -2.26. The lowest BCUT2D eigenvalue weighted by atomic mass is 9.98. The van der Waals surface area contributed by atoms with Crippen LogP contribution in [0.3, 0.4) is 0 Å². The first kappa shape index (κ1) is 19.2. The maximum atomic E-state index is 5.55. The first-order valence-corrected chi connectivity index (χ1v) is 11.3. The smallest absolute Gasteiger partial charge is 0.231 e. The molecule has 0 spiro atoms. The van der Waals surface area contributed by atoms with Crippen molar-refractivity contribution in [2.24, 2.45) is 0 Å². The molecule has 0 aliphatic carbocycles. The van der Waals surface area contributed by atoms with Crippen LogP contribution in [0.1, 0.15) is 17.5 Å². The molecule has 4 nitrogen and oxygen atoms in total. The second kappa shape index (κ2) is 8.21. The van der Waals surface area contributed by atoms with Gasteiger partial charge in [-0.3, -0.25) is 4.90 Å². The van der Waals surface area contributed by atoms with E-state index in [-0.39, 0.29) is 0 Å². The number of hydrogen-bond donors (Lipinski definition) is 1. The van der Waals surface area contributed by atoms with E-state index in [0.29, 0.717) is 6.79 Å². The van der Waals surface area contributed by atoms with Gasteiger partial charge in [-0.05, 0) is 53.3 Å². The normalized spacial score (nSPS) is 15.8. The Labute approximate surface area is 188 Å². The molecule has 160 valence electrons. The SMILES string of the molecule is C1=C(c2ccc3c(c2)OCO3)CCN(CCc2c(-c3ccccc3)[nH]c3ccccc23)C1. The van der Waals surface area contributed by atoms with Gasteiger partial charge in [0.1, 0.15) is 0 Å². The average Bonchev–Trinajstić information content (AvgIpc) is 3.48. The highest BCUT2D eigenvalue weighted by molar-refractivity contribution is 5.90. The van der Waals surface area contributed by atoms with Crippen LogP contribution in [-0.2, 0) is 6.42 Å². The van der Waals surface area contributed by atoms with Crippen molar-refractivity contribution in [1.82, 2.24) is 9.88 Å². The van der Waals surface area contributed by atoms with Gasteiger partial charge in [-0.1, -0.05) is 60.7 Å². The number of fused-ring (bicyclic) bond motifs is 2. The van der Waals surface area contributed by atoms with Crippen molar-refractivity contribution in [2.75, 3.05) is 26.4 Å².